The summed E-state index contributed by atoms with van der Waals surface area (Å²) in [5.41, 5.74) is 1.37. The first kappa shape index (κ1) is 17.3. The molecule has 2 aromatic rings. The number of nitrogens with one attached hydrogen (secondary N) is 2. The van der Waals surface area contributed by atoms with Crippen molar-refractivity contribution >= 4 is 17.7 Å². The second kappa shape index (κ2) is 8.53. The Balaban J connectivity index is 1.89. The quantitative estimate of drug-likeness (QED) is 0.498. The zero-order valence-corrected chi connectivity index (χ0v) is 13.9. The smallest absolute Gasteiger partial charge is 0.191 e. The predicted octanol–water partition coefficient (Wildman–Crippen LogP) is 3.55. The summed E-state index contributed by atoms with van der Waals surface area (Å²) in [6.45, 7) is 0.759. The summed E-state index contributed by atoms with van der Waals surface area (Å²) < 4.78 is 26.7. The van der Waals surface area contributed by atoms with Crippen LogP contribution >= 0.6 is 11.8 Å². The van der Waals surface area contributed by atoms with Crippen LogP contribution in [0.15, 0.2) is 52.4 Å². The van der Waals surface area contributed by atoms with Crippen LogP contribution in [-0.2, 0) is 13.1 Å². The molecule has 0 unspecified atom stereocenters. The monoisotopic (exact) mass is 335 g/mol. The minimum Gasteiger partial charge on any atom is -0.352 e. The summed E-state index contributed by atoms with van der Waals surface area (Å²) in [5.74, 6) is -0.371. The van der Waals surface area contributed by atoms with Crippen LogP contribution in [0, 0.1) is 11.6 Å². The van der Waals surface area contributed by atoms with E-state index in [1.54, 1.807) is 18.8 Å². The first-order chi connectivity index (χ1) is 11.1. The molecule has 2 N–H and O–H groups in total. The fraction of sp³-hybridized carbons (Fsp3) is 0.235. The van der Waals surface area contributed by atoms with Crippen LogP contribution in [0.2, 0.25) is 0 Å². The zero-order chi connectivity index (χ0) is 16.7. The molecule has 2 aromatic carbocycles. The lowest BCUT2D eigenvalue weighted by Gasteiger charge is -2.12. The Morgan fingerprint density at radius 2 is 1.74 bits per heavy atom. The van der Waals surface area contributed by atoms with E-state index in [1.165, 1.54) is 11.0 Å². The predicted molar refractivity (Wildman–Crippen MR) is 91.6 cm³/mol. The normalized spacial score (nSPS) is 11.4. The first-order valence-electron chi connectivity index (χ1n) is 7.13. The highest BCUT2D eigenvalue weighted by atomic mass is 32.2. The van der Waals surface area contributed by atoms with Crippen molar-refractivity contribution in [2.75, 3.05) is 13.3 Å². The molecule has 3 nitrogen and oxygen atoms in total. The summed E-state index contributed by atoms with van der Waals surface area (Å²) in [6.07, 6.45) is 2.03. The summed E-state index contributed by atoms with van der Waals surface area (Å²) in [6, 6.07) is 11.6. The minimum atomic E-state index is -0.458. The van der Waals surface area contributed by atoms with Crippen molar-refractivity contribution in [3.8, 4) is 0 Å². The van der Waals surface area contributed by atoms with E-state index in [4.69, 9.17) is 0 Å². The third kappa shape index (κ3) is 5.25. The van der Waals surface area contributed by atoms with Gasteiger partial charge in [0.25, 0.3) is 0 Å². The third-order valence-corrected chi connectivity index (χ3v) is 4.04. The van der Waals surface area contributed by atoms with Gasteiger partial charge < -0.3 is 10.6 Å². The highest BCUT2D eigenvalue weighted by molar-refractivity contribution is 7.98. The molecule has 23 heavy (non-hydrogen) atoms. The van der Waals surface area contributed by atoms with Gasteiger partial charge in [-0.15, -0.1) is 11.8 Å². The van der Waals surface area contributed by atoms with E-state index >= 15 is 0 Å². The van der Waals surface area contributed by atoms with E-state index in [-0.39, 0.29) is 12.1 Å². The lowest BCUT2D eigenvalue weighted by molar-refractivity contribution is 0.581. The molecule has 0 amide bonds. The van der Waals surface area contributed by atoms with E-state index < -0.39 is 11.6 Å². The summed E-state index contributed by atoms with van der Waals surface area (Å²) in [4.78, 5) is 5.28. The first-order valence-corrected chi connectivity index (χ1v) is 8.36. The van der Waals surface area contributed by atoms with Gasteiger partial charge in [-0.2, -0.15) is 0 Å². The summed E-state index contributed by atoms with van der Waals surface area (Å²) in [7, 11) is 1.63. The SMILES string of the molecule is CN=C(NCc1ccc(SC)cc1)NCc1cc(F)ccc1F. The Morgan fingerprint density at radius 3 is 2.39 bits per heavy atom. The summed E-state index contributed by atoms with van der Waals surface area (Å²) >= 11 is 1.69. The van der Waals surface area contributed by atoms with Crippen molar-refractivity contribution in [2.24, 2.45) is 4.99 Å². The number of guanidine groups is 1. The van der Waals surface area contributed by atoms with Gasteiger partial charge in [0.15, 0.2) is 5.96 Å². The second-order valence-electron chi connectivity index (χ2n) is 4.86. The van der Waals surface area contributed by atoms with E-state index in [0.29, 0.717) is 12.5 Å². The van der Waals surface area contributed by atoms with Gasteiger partial charge in [-0.05, 0) is 42.2 Å². The van der Waals surface area contributed by atoms with E-state index in [2.05, 4.69) is 27.8 Å². The molecule has 0 spiro atoms. The molecule has 122 valence electrons. The van der Waals surface area contributed by atoms with Gasteiger partial charge in [-0.1, -0.05) is 12.1 Å². The van der Waals surface area contributed by atoms with Crippen molar-refractivity contribution < 1.29 is 8.78 Å². The molecular formula is C17H19F2N3S. The van der Waals surface area contributed by atoms with E-state index in [9.17, 15) is 8.78 Å². The molecule has 0 aromatic heterocycles. The molecule has 0 fully saturated rings. The van der Waals surface area contributed by atoms with Gasteiger partial charge in [-0.25, -0.2) is 8.78 Å². The van der Waals surface area contributed by atoms with Crippen LogP contribution in [0.3, 0.4) is 0 Å². The number of benzene rings is 2. The molecular weight excluding hydrogens is 316 g/mol. The molecule has 0 saturated carbocycles. The molecule has 6 heteroatoms. The Labute approximate surface area is 139 Å². The molecule has 0 heterocycles. The van der Waals surface area contributed by atoms with Crippen LogP contribution < -0.4 is 10.6 Å². The van der Waals surface area contributed by atoms with Crippen LogP contribution in [0.5, 0.6) is 0 Å². The Morgan fingerprint density at radius 1 is 1.04 bits per heavy atom. The topological polar surface area (TPSA) is 36.4 Å². The van der Waals surface area contributed by atoms with Crippen LogP contribution in [0.1, 0.15) is 11.1 Å². The van der Waals surface area contributed by atoms with Crippen molar-refractivity contribution in [1.29, 1.82) is 0 Å². The van der Waals surface area contributed by atoms with Crippen molar-refractivity contribution in [1.82, 2.24) is 10.6 Å². The number of halogens is 2. The molecule has 0 aliphatic carbocycles. The zero-order valence-electron chi connectivity index (χ0n) is 13.1. The van der Waals surface area contributed by atoms with Crippen LogP contribution in [0.4, 0.5) is 8.78 Å². The fourth-order valence-electron chi connectivity index (χ4n) is 2.01. The van der Waals surface area contributed by atoms with Gasteiger partial charge in [0.2, 0.25) is 0 Å². The number of nitrogens with zero attached hydrogens (tertiary/aromatic N) is 1. The molecule has 0 aliphatic heterocycles. The Kier molecular flexibility index (Phi) is 6.40. The van der Waals surface area contributed by atoms with Crippen LogP contribution in [0.25, 0.3) is 0 Å². The molecule has 0 bridgehead atoms. The minimum absolute atomic E-state index is 0.161. The molecule has 0 atom stereocenters. The molecule has 0 aliphatic rings. The maximum atomic E-state index is 13.6. The largest absolute Gasteiger partial charge is 0.352 e. The lowest BCUT2D eigenvalue weighted by atomic mass is 10.2. The average molecular weight is 335 g/mol. The molecule has 0 saturated heterocycles. The number of thioether (sulfide) groups is 1. The lowest BCUT2D eigenvalue weighted by Crippen LogP contribution is -2.36. The maximum absolute atomic E-state index is 13.6. The van der Waals surface area contributed by atoms with Crippen LogP contribution in [-0.4, -0.2) is 19.3 Å². The van der Waals surface area contributed by atoms with Gasteiger partial charge >= 0.3 is 0 Å². The second-order valence-corrected chi connectivity index (χ2v) is 5.74. The van der Waals surface area contributed by atoms with Crippen molar-refractivity contribution in [3.05, 3.63) is 65.2 Å². The Bertz CT molecular complexity index is 672. The van der Waals surface area contributed by atoms with Gasteiger partial charge in [-0.3, -0.25) is 4.99 Å². The van der Waals surface area contributed by atoms with Gasteiger partial charge in [0.05, 0.1) is 0 Å². The van der Waals surface area contributed by atoms with Crippen molar-refractivity contribution in [2.45, 2.75) is 18.0 Å². The van der Waals surface area contributed by atoms with E-state index in [0.717, 1.165) is 17.7 Å². The number of hydrogen-bond acceptors (Lipinski definition) is 2. The standard InChI is InChI=1S/C17H19F2N3S/c1-20-17(21-10-12-3-6-15(23-2)7-4-12)22-11-13-9-14(18)5-8-16(13)19/h3-9H,10-11H2,1-2H3,(H2,20,21,22). The Hall–Kier alpha value is -2.08. The average Bonchev–Trinajstić information content (AvgIpc) is 2.58. The number of hydrogen-bond donors (Lipinski definition) is 2. The third-order valence-electron chi connectivity index (χ3n) is 3.30. The highest BCUT2D eigenvalue weighted by Gasteiger charge is 2.05. The number of aliphatic imine (C=N–C) groups is 1. The molecule has 0 radical (unpaired) electrons. The fourth-order valence-corrected chi connectivity index (χ4v) is 2.42. The van der Waals surface area contributed by atoms with Gasteiger partial charge in [0, 0.05) is 30.6 Å². The highest BCUT2D eigenvalue weighted by Crippen LogP contribution is 2.14. The summed E-state index contributed by atoms with van der Waals surface area (Å²) in [5, 5.41) is 6.12. The van der Waals surface area contributed by atoms with Gasteiger partial charge in [0.1, 0.15) is 11.6 Å². The van der Waals surface area contributed by atoms with Crippen molar-refractivity contribution in [3.63, 3.8) is 0 Å². The molecule has 2 rings (SSSR count). The number of rotatable bonds is 5. The maximum Gasteiger partial charge on any atom is 0.191 e. The van der Waals surface area contributed by atoms with E-state index in [1.807, 2.05) is 18.4 Å².